The van der Waals surface area contributed by atoms with Gasteiger partial charge in [0.1, 0.15) is 17.8 Å². The van der Waals surface area contributed by atoms with Gasteiger partial charge in [0.25, 0.3) is 5.88 Å². The van der Waals surface area contributed by atoms with Crippen LogP contribution in [0.25, 0.3) is 0 Å². The average molecular weight is 328 g/mol. The van der Waals surface area contributed by atoms with E-state index in [9.17, 15) is 5.11 Å². The number of nitrogens with one attached hydrogen (secondary N) is 1. The predicted molar refractivity (Wildman–Crippen MR) is 95.1 cm³/mol. The molecule has 0 aliphatic carbocycles. The Morgan fingerprint density at radius 3 is 2.92 bits per heavy atom. The van der Waals surface area contributed by atoms with Gasteiger partial charge in [-0.3, -0.25) is 0 Å². The lowest BCUT2D eigenvalue weighted by atomic mass is 10.2. The molecule has 4 rings (SSSR count). The molecule has 0 spiro atoms. The van der Waals surface area contributed by atoms with Crippen LogP contribution < -0.4 is 10.1 Å². The Labute approximate surface area is 143 Å². The number of ether oxygens (including phenoxy) is 1. The average Bonchev–Trinajstić information content (AvgIpc) is 2.81. The van der Waals surface area contributed by atoms with Gasteiger partial charge < -0.3 is 15.2 Å². The Hall–Kier alpha value is -3.85. The van der Waals surface area contributed by atoms with Gasteiger partial charge in [-0.15, -0.1) is 6.42 Å². The van der Waals surface area contributed by atoms with Crippen LogP contribution in [-0.2, 0) is 0 Å². The van der Waals surface area contributed by atoms with Gasteiger partial charge in [-0.05, 0) is 30.3 Å². The van der Waals surface area contributed by atoms with Gasteiger partial charge in [0.05, 0.1) is 0 Å². The van der Waals surface area contributed by atoms with Crippen molar-refractivity contribution in [2.24, 2.45) is 4.99 Å². The summed E-state index contributed by atoms with van der Waals surface area (Å²) in [6.07, 6.45) is 8.47. The van der Waals surface area contributed by atoms with Gasteiger partial charge in [0.2, 0.25) is 0 Å². The van der Waals surface area contributed by atoms with Crippen molar-refractivity contribution >= 4 is 23.4 Å². The lowest BCUT2D eigenvalue weighted by Gasteiger charge is -2.11. The Kier molecular flexibility index (Phi) is 3.52. The molecule has 0 radical (unpaired) electrons. The molecular weight excluding hydrogens is 316 g/mol. The van der Waals surface area contributed by atoms with Crippen molar-refractivity contribution in [3.8, 4) is 29.7 Å². The van der Waals surface area contributed by atoms with E-state index in [-0.39, 0.29) is 5.75 Å². The highest BCUT2D eigenvalue weighted by molar-refractivity contribution is 5.90. The number of benzene rings is 2. The fraction of sp³-hybridized carbons (Fsp3) is 0. The summed E-state index contributed by atoms with van der Waals surface area (Å²) in [6, 6.07) is 12.2. The summed E-state index contributed by atoms with van der Waals surface area (Å²) in [6.45, 7) is 0. The molecule has 0 unspecified atom stereocenters. The number of anilines is 2. The first-order valence-electron chi connectivity index (χ1n) is 7.46. The van der Waals surface area contributed by atoms with Crippen LogP contribution in [-0.4, -0.2) is 21.3 Å². The van der Waals surface area contributed by atoms with Crippen LogP contribution in [0.4, 0.5) is 17.2 Å². The third kappa shape index (κ3) is 2.86. The highest BCUT2D eigenvalue weighted by Gasteiger charge is 2.18. The van der Waals surface area contributed by atoms with Crippen LogP contribution in [0.2, 0.25) is 0 Å². The monoisotopic (exact) mass is 328 g/mol. The first kappa shape index (κ1) is 14.7. The molecule has 25 heavy (non-hydrogen) atoms. The van der Waals surface area contributed by atoms with Crippen LogP contribution in [0.3, 0.4) is 0 Å². The van der Waals surface area contributed by atoms with Crippen molar-refractivity contribution in [3.63, 3.8) is 0 Å². The van der Waals surface area contributed by atoms with E-state index in [1.165, 1.54) is 12.4 Å². The van der Waals surface area contributed by atoms with Crippen molar-refractivity contribution in [2.75, 3.05) is 5.32 Å². The van der Waals surface area contributed by atoms with E-state index in [1.54, 1.807) is 18.3 Å². The molecule has 0 bridgehead atoms. The van der Waals surface area contributed by atoms with E-state index in [2.05, 4.69) is 26.2 Å². The number of fused-ring (bicyclic) bond motifs is 2. The Balaban J connectivity index is 1.74. The Morgan fingerprint density at radius 2 is 2.04 bits per heavy atom. The Bertz CT molecular complexity index is 1040. The summed E-state index contributed by atoms with van der Waals surface area (Å²) < 4.78 is 5.80. The maximum absolute atomic E-state index is 9.64. The standard InChI is InChI=1S/C19H12N4O2/c1-2-12-4-3-5-14(8-12)23-18-17-19(22-11-21-18)25-16-9-15(24)7-6-13(16)10-20-17/h1,3-11,24H,(H,21,22,23). The maximum Gasteiger partial charge on any atom is 0.250 e. The second-order valence-corrected chi connectivity index (χ2v) is 5.31. The smallest absolute Gasteiger partial charge is 0.250 e. The highest BCUT2D eigenvalue weighted by Crippen LogP contribution is 2.39. The van der Waals surface area contributed by atoms with Gasteiger partial charge in [0.15, 0.2) is 11.5 Å². The molecule has 120 valence electrons. The quantitative estimate of drug-likeness (QED) is 0.548. The summed E-state index contributed by atoms with van der Waals surface area (Å²) >= 11 is 0. The molecule has 2 heterocycles. The van der Waals surface area contributed by atoms with E-state index < -0.39 is 0 Å². The maximum atomic E-state index is 9.64. The minimum Gasteiger partial charge on any atom is -0.508 e. The summed E-state index contributed by atoms with van der Waals surface area (Å²) in [5, 5.41) is 12.8. The molecule has 1 aromatic heterocycles. The third-order valence-corrected chi connectivity index (χ3v) is 3.62. The predicted octanol–water partition coefficient (Wildman–Crippen LogP) is 3.76. The van der Waals surface area contributed by atoms with Crippen molar-refractivity contribution in [3.05, 3.63) is 59.9 Å². The molecule has 0 saturated heterocycles. The molecule has 6 heteroatoms. The Morgan fingerprint density at radius 1 is 1.12 bits per heavy atom. The molecular formula is C19H12N4O2. The lowest BCUT2D eigenvalue weighted by Crippen LogP contribution is -1.97. The minimum atomic E-state index is 0.106. The number of hydrogen-bond donors (Lipinski definition) is 2. The van der Waals surface area contributed by atoms with E-state index in [1.807, 2.05) is 24.3 Å². The van der Waals surface area contributed by atoms with Crippen molar-refractivity contribution < 1.29 is 9.84 Å². The summed E-state index contributed by atoms with van der Waals surface area (Å²) in [7, 11) is 0. The van der Waals surface area contributed by atoms with Crippen LogP contribution >= 0.6 is 0 Å². The van der Waals surface area contributed by atoms with Crippen LogP contribution in [0.5, 0.6) is 17.4 Å². The van der Waals surface area contributed by atoms with Crippen molar-refractivity contribution in [1.29, 1.82) is 0 Å². The number of aromatic hydroxyl groups is 1. The number of phenols is 1. The van der Waals surface area contributed by atoms with E-state index in [0.29, 0.717) is 23.1 Å². The third-order valence-electron chi connectivity index (χ3n) is 3.62. The van der Waals surface area contributed by atoms with Gasteiger partial charge in [-0.25, -0.2) is 9.98 Å². The summed E-state index contributed by atoms with van der Waals surface area (Å²) in [5.41, 5.74) is 2.74. The highest BCUT2D eigenvalue weighted by atomic mass is 16.5. The number of phenolic OH excluding ortho intramolecular Hbond substituents is 1. The molecule has 0 amide bonds. The van der Waals surface area contributed by atoms with Crippen LogP contribution in [0.15, 0.2) is 53.8 Å². The topological polar surface area (TPSA) is 79.6 Å². The normalized spacial score (nSPS) is 11.5. The molecule has 2 N–H and O–H groups in total. The SMILES string of the molecule is C#Cc1cccc(Nc2ncnc3c2N=Cc2ccc(O)cc2O3)c1. The first-order valence-corrected chi connectivity index (χ1v) is 7.46. The van der Waals surface area contributed by atoms with Gasteiger partial charge >= 0.3 is 0 Å². The molecule has 3 aromatic rings. The van der Waals surface area contributed by atoms with E-state index in [4.69, 9.17) is 11.2 Å². The second kappa shape index (κ2) is 5.98. The van der Waals surface area contributed by atoms with Gasteiger partial charge in [-0.2, -0.15) is 4.98 Å². The fourth-order valence-corrected chi connectivity index (χ4v) is 2.42. The lowest BCUT2D eigenvalue weighted by molar-refractivity contribution is 0.446. The molecule has 2 aromatic carbocycles. The zero-order valence-corrected chi connectivity index (χ0v) is 13.0. The van der Waals surface area contributed by atoms with Gasteiger partial charge in [0, 0.05) is 29.1 Å². The fourth-order valence-electron chi connectivity index (χ4n) is 2.42. The van der Waals surface area contributed by atoms with E-state index >= 15 is 0 Å². The number of hydrogen-bond acceptors (Lipinski definition) is 6. The molecule has 0 atom stereocenters. The molecule has 1 aliphatic heterocycles. The summed E-state index contributed by atoms with van der Waals surface area (Å²) in [4.78, 5) is 12.8. The minimum absolute atomic E-state index is 0.106. The molecule has 0 saturated carbocycles. The zero-order chi connectivity index (χ0) is 17.2. The molecule has 0 fully saturated rings. The second-order valence-electron chi connectivity index (χ2n) is 5.31. The van der Waals surface area contributed by atoms with Crippen molar-refractivity contribution in [2.45, 2.75) is 0 Å². The number of nitrogens with zero attached hydrogens (tertiary/aromatic N) is 3. The first-order chi connectivity index (χ1) is 12.2. The van der Waals surface area contributed by atoms with Crippen molar-refractivity contribution in [1.82, 2.24) is 9.97 Å². The van der Waals surface area contributed by atoms with E-state index in [0.717, 1.165) is 16.8 Å². The van der Waals surface area contributed by atoms with Crippen LogP contribution in [0, 0.1) is 12.3 Å². The largest absolute Gasteiger partial charge is 0.508 e. The number of terminal acetylenes is 1. The number of rotatable bonds is 2. The summed E-state index contributed by atoms with van der Waals surface area (Å²) in [5.74, 6) is 3.96. The number of aliphatic imine (C=N–C) groups is 1. The van der Waals surface area contributed by atoms with Crippen LogP contribution in [0.1, 0.15) is 11.1 Å². The molecule has 1 aliphatic rings. The zero-order valence-electron chi connectivity index (χ0n) is 13.0. The number of aromatic nitrogens is 2. The van der Waals surface area contributed by atoms with Gasteiger partial charge in [-0.1, -0.05) is 12.0 Å². The molecule has 6 nitrogen and oxygen atoms in total.